The van der Waals surface area contributed by atoms with E-state index >= 15 is 0 Å². The first-order valence-electron chi connectivity index (χ1n) is 12.6. The Morgan fingerprint density at radius 3 is 2.55 bits per heavy atom. The first-order valence-corrected chi connectivity index (χ1v) is 13.6. The number of benzene rings is 1. The van der Waals surface area contributed by atoms with Crippen molar-refractivity contribution in [2.45, 2.75) is 82.1 Å². The fourth-order valence-electron chi connectivity index (χ4n) is 4.95. The predicted octanol–water partition coefficient (Wildman–Crippen LogP) is 4.85. The number of likely N-dealkylation sites (tertiary alicyclic amines) is 1. The van der Waals surface area contributed by atoms with Crippen molar-refractivity contribution in [2.24, 2.45) is 0 Å². The minimum Gasteiger partial charge on any atom is -0.313 e. The molecule has 0 atom stereocenters. The van der Waals surface area contributed by atoms with Gasteiger partial charge in [0.05, 0.1) is 18.8 Å². The van der Waals surface area contributed by atoms with E-state index in [1.165, 1.54) is 43.4 Å². The van der Waals surface area contributed by atoms with Crippen LogP contribution in [0.1, 0.15) is 69.2 Å². The van der Waals surface area contributed by atoms with E-state index in [-0.39, 0.29) is 5.91 Å². The van der Waals surface area contributed by atoms with Crippen molar-refractivity contribution in [1.29, 1.82) is 0 Å². The zero-order valence-corrected chi connectivity index (χ0v) is 20.3. The minimum absolute atomic E-state index is 0.225. The summed E-state index contributed by atoms with van der Waals surface area (Å²) >= 11 is 1.55. The molecule has 0 N–H and O–H groups in total. The fourth-order valence-corrected chi connectivity index (χ4v) is 5.77. The average Bonchev–Trinajstić information content (AvgIpc) is 3.63. The third-order valence-electron chi connectivity index (χ3n) is 6.87. The topological polar surface area (TPSA) is 54.3 Å². The maximum Gasteiger partial charge on any atom is 0.237 e. The molecule has 33 heavy (non-hydrogen) atoms. The molecule has 1 aromatic carbocycles. The molecule has 0 radical (unpaired) electrons. The summed E-state index contributed by atoms with van der Waals surface area (Å²) in [7, 11) is 0. The van der Waals surface area contributed by atoms with Gasteiger partial charge in [-0.3, -0.25) is 9.69 Å². The molecule has 1 amide bonds. The van der Waals surface area contributed by atoms with Crippen LogP contribution in [0.2, 0.25) is 0 Å². The van der Waals surface area contributed by atoms with Gasteiger partial charge in [-0.1, -0.05) is 54.6 Å². The van der Waals surface area contributed by atoms with Crippen LogP contribution in [0.4, 0.5) is 0 Å². The van der Waals surface area contributed by atoms with Gasteiger partial charge in [-0.15, -0.1) is 10.2 Å². The van der Waals surface area contributed by atoms with Gasteiger partial charge in [-0.25, -0.2) is 0 Å². The van der Waals surface area contributed by atoms with Crippen LogP contribution in [0.15, 0.2) is 47.3 Å². The third kappa shape index (κ3) is 5.87. The number of aromatic nitrogens is 3. The molecule has 176 valence electrons. The lowest BCUT2D eigenvalue weighted by molar-refractivity contribution is -0.127. The van der Waals surface area contributed by atoms with Crippen LogP contribution in [0, 0.1) is 0 Å². The van der Waals surface area contributed by atoms with E-state index in [2.05, 4.69) is 54.9 Å². The van der Waals surface area contributed by atoms with Gasteiger partial charge in [-0.2, -0.15) is 0 Å². The summed E-state index contributed by atoms with van der Waals surface area (Å²) in [4.78, 5) is 17.9. The van der Waals surface area contributed by atoms with E-state index in [0.29, 0.717) is 11.8 Å². The maximum atomic E-state index is 13.3. The van der Waals surface area contributed by atoms with Crippen molar-refractivity contribution >= 4 is 17.7 Å². The van der Waals surface area contributed by atoms with E-state index < -0.39 is 0 Å². The molecule has 5 rings (SSSR count). The average molecular weight is 466 g/mol. The number of piperidine rings is 1. The lowest BCUT2D eigenvalue weighted by Crippen LogP contribution is -2.34. The molecule has 0 unspecified atom stereocenters. The fraction of sp³-hybridized carbons (Fsp3) is 0.577. The van der Waals surface area contributed by atoms with Crippen LogP contribution in [0.5, 0.6) is 0 Å². The van der Waals surface area contributed by atoms with E-state index in [4.69, 9.17) is 0 Å². The first kappa shape index (κ1) is 22.7. The largest absolute Gasteiger partial charge is 0.313 e. The number of rotatable bonds is 9. The van der Waals surface area contributed by atoms with Crippen LogP contribution in [0.25, 0.3) is 0 Å². The number of thioether (sulfide) groups is 1. The Hall–Kier alpha value is -2.12. The summed E-state index contributed by atoms with van der Waals surface area (Å²) in [6.07, 6.45) is 13.0. The molecule has 0 bridgehead atoms. The second-order valence-corrected chi connectivity index (χ2v) is 10.5. The highest BCUT2D eigenvalue weighted by Crippen LogP contribution is 2.34. The Bertz CT molecular complexity index is 962. The number of nitrogens with zero attached hydrogens (tertiary/aromatic N) is 5. The van der Waals surface area contributed by atoms with E-state index in [9.17, 15) is 4.79 Å². The lowest BCUT2D eigenvalue weighted by Gasteiger charge is -2.27. The predicted molar refractivity (Wildman–Crippen MR) is 132 cm³/mol. The van der Waals surface area contributed by atoms with Gasteiger partial charge in [0, 0.05) is 11.7 Å². The van der Waals surface area contributed by atoms with Gasteiger partial charge < -0.3 is 9.47 Å². The van der Waals surface area contributed by atoms with Crippen LogP contribution in [-0.4, -0.2) is 55.4 Å². The molecule has 2 fully saturated rings. The Morgan fingerprint density at radius 2 is 1.82 bits per heavy atom. The van der Waals surface area contributed by atoms with Crippen molar-refractivity contribution in [3.8, 4) is 0 Å². The molecular formula is C26H35N5OS. The number of carbonyl (C=O) groups is 1. The highest BCUT2D eigenvalue weighted by Gasteiger charge is 2.35. The Kier molecular flexibility index (Phi) is 7.47. The molecule has 7 heteroatoms. The quantitative estimate of drug-likeness (QED) is 0.496. The van der Waals surface area contributed by atoms with Gasteiger partial charge in [0.15, 0.2) is 5.16 Å². The summed E-state index contributed by atoms with van der Waals surface area (Å²) in [5.41, 5.74) is 2.49. The standard InChI is InChI=1S/C26H35N5OS/c32-25(31(23-14-15-23)22-12-6-2-7-13-22)20-33-26-28-27-24(19-29-16-8-3-9-17-29)30(26)18-21-10-4-1-5-11-21/h1,4-5,10-12,23H,2-3,6-9,13-20H2. The van der Waals surface area contributed by atoms with E-state index in [1.807, 2.05) is 6.07 Å². The Balaban J connectivity index is 1.31. The molecule has 3 aliphatic rings. The molecule has 0 spiro atoms. The first-order chi connectivity index (χ1) is 16.3. The molecular weight excluding hydrogens is 430 g/mol. The number of carbonyl (C=O) groups excluding carboxylic acids is 1. The summed E-state index contributed by atoms with van der Waals surface area (Å²) < 4.78 is 2.23. The van der Waals surface area contributed by atoms with Crippen LogP contribution >= 0.6 is 11.8 Å². The molecule has 1 aliphatic heterocycles. The number of amides is 1. The second-order valence-electron chi connectivity index (χ2n) is 9.53. The van der Waals surface area contributed by atoms with E-state index in [0.717, 1.165) is 62.8 Å². The molecule has 2 aromatic rings. The number of hydrogen-bond acceptors (Lipinski definition) is 5. The zero-order chi connectivity index (χ0) is 22.5. The third-order valence-corrected chi connectivity index (χ3v) is 7.82. The van der Waals surface area contributed by atoms with Crippen LogP contribution < -0.4 is 0 Å². The Morgan fingerprint density at radius 1 is 1.00 bits per heavy atom. The Labute approximate surface area is 201 Å². The smallest absolute Gasteiger partial charge is 0.237 e. The number of hydrogen-bond donors (Lipinski definition) is 0. The second kappa shape index (κ2) is 10.9. The summed E-state index contributed by atoms with van der Waals surface area (Å²) in [6, 6.07) is 10.9. The van der Waals surface area contributed by atoms with Gasteiger partial charge in [0.2, 0.25) is 5.91 Å². The summed E-state index contributed by atoms with van der Waals surface area (Å²) in [5, 5.41) is 9.98. The lowest BCUT2D eigenvalue weighted by atomic mass is 10.0. The minimum atomic E-state index is 0.225. The van der Waals surface area contributed by atoms with Gasteiger partial charge >= 0.3 is 0 Å². The number of allylic oxidation sites excluding steroid dienone is 2. The van der Waals surface area contributed by atoms with Crippen molar-refractivity contribution in [3.05, 3.63) is 53.5 Å². The molecule has 2 aliphatic carbocycles. The van der Waals surface area contributed by atoms with Crippen molar-refractivity contribution in [3.63, 3.8) is 0 Å². The molecule has 1 saturated heterocycles. The highest BCUT2D eigenvalue weighted by atomic mass is 32.2. The van der Waals surface area contributed by atoms with E-state index in [1.54, 1.807) is 11.8 Å². The molecule has 6 nitrogen and oxygen atoms in total. The zero-order valence-electron chi connectivity index (χ0n) is 19.5. The monoisotopic (exact) mass is 465 g/mol. The van der Waals surface area contributed by atoms with Crippen molar-refractivity contribution < 1.29 is 4.79 Å². The normalized spacial score (nSPS) is 19.3. The van der Waals surface area contributed by atoms with Crippen molar-refractivity contribution in [1.82, 2.24) is 24.6 Å². The maximum absolute atomic E-state index is 13.3. The van der Waals surface area contributed by atoms with Crippen molar-refractivity contribution in [2.75, 3.05) is 18.8 Å². The molecule has 1 aromatic heterocycles. The summed E-state index contributed by atoms with van der Waals surface area (Å²) in [5.74, 6) is 1.65. The highest BCUT2D eigenvalue weighted by molar-refractivity contribution is 7.99. The molecule has 1 saturated carbocycles. The summed E-state index contributed by atoms with van der Waals surface area (Å²) in [6.45, 7) is 3.83. The van der Waals surface area contributed by atoms with Gasteiger partial charge in [0.1, 0.15) is 5.82 Å². The molecule has 2 heterocycles. The van der Waals surface area contributed by atoms with Crippen LogP contribution in [-0.2, 0) is 17.9 Å². The van der Waals surface area contributed by atoms with Crippen LogP contribution in [0.3, 0.4) is 0 Å². The SMILES string of the molecule is O=C(CSc1nnc(CN2CCCCC2)n1Cc1ccccc1)N(C1=CCCCC1)C1CC1. The van der Waals surface area contributed by atoms with Gasteiger partial charge in [0.25, 0.3) is 0 Å². The van der Waals surface area contributed by atoms with Gasteiger partial charge in [-0.05, 0) is 70.0 Å².